The number of hydrogen-bond donors (Lipinski definition) is 2. The lowest BCUT2D eigenvalue weighted by molar-refractivity contribution is 0.745. The Labute approximate surface area is 83.9 Å². The molecule has 1 fully saturated rings. The zero-order valence-electron chi connectivity index (χ0n) is 8.24. The molecule has 0 amide bonds. The Bertz CT molecular complexity index is 294. The first-order valence-corrected chi connectivity index (χ1v) is 5.16. The Hall–Kier alpha value is -1.16. The zero-order chi connectivity index (χ0) is 9.80. The summed E-state index contributed by atoms with van der Waals surface area (Å²) in [6, 6.07) is 2.56. The van der Waals surface area contributed by atoms with Gasteiger partial charge in [0.1, 0.15) is 5.82 Å². The second-order valence-electron chi connectivity index (χ2n) is 3.78. The van der Waals surface area contributed by atoms with Gasteiger partial charge in [0, 0.05) is 12.6 Å². The molecule has 3 N–H and O–H groups in total. The first kappa shape index (κ1) is 9.40. The first-order valence-electron chi connectivity index (χ1n) is 5.16. The Morgan fingerprint density at radius 2 is 2.21 bits per heavy atom. The Balaban J connectivity index is 2.00. The lowest BCUT2D eigenvalue weighted by Crippen LogP contribution is -2.16. The predicted octanol–water partition coefficient (Wildman–Crippen LogP) is 1.29. The van der Waals surface area contributed by atoms with Crippen molar-refractivity contribution < 1.29 is 0 Å². The van der Waals surface area contributed by atoms with Gasteiger partial charge in [-0.05, 0) is 24.5 Å². The summed E-state index contributed by atoms with van der Waals surface area (Å²) in [6.07, 6.45) is 6.84. The van der Waals surface area contributed by atoms with Crippen LogP contribution in [0.15, 0.2) is 12.3 Å². The van der Waals surface area contributed by atoms with Crippen LogP contribution in [-0.4, -0.2) is 16.2 Å². The van der Waals surface area contributed by atoms with Crippen molar-refractivity contribution in [2.24, 2.45) is 5.73 Å². The van der Waals surface area contributed by atoms with Gasteiger partial charge >= 0.3 is 0 Å². The molecule has 1 saturated carbocycles. The topological polar surface area (TPSA) is 63.8 Å². The molecule has 0 saturated heterocycles. The van der Waals surface area contributed by atoms with Gasteiger partial charge in [0.25, 0.3) is 0 Å². The molecular weight excluding hydrogens is 176 g/mol. The van der Waals surface area contributed by atoms with Gasteiger partial charge < -0.3 is 11.1 Å². The normalized spacial score (nSPS) is 17.2. The minimum absolute atomic E-state index is 0.523. The third-order valence-corrected chi connectivity index (χ3v) is 2.65. The van der Waals surface area contributed by atoms with Gasteiger partial charge in [-0.1, -0.05) is 12.8 Å². The van der Waals surface area contributed by atoms with Crippen molar-refractivity contribution in [1.82, 2.24) is 10.2 Å². The maximum absolute atomic E-state index is 5.53. The van der Waals surface area contributed by atoms with E-state index in [1.165, 1.54) is 25.7 Å². The molecule has 2 rings (SSSR count). The smallest absolute Gasteiger partial charge is 0.149 e. The lowest BCUT2D eigenvalue weighted by Gasteiger charge is -2.11. The summed E-state index contributed by atoms with van der Waals surface area (Å²) >= 11 is 0. The molecular formula is C10H16N4. The van der Waals surface area contributed by atoms with Crippen molar-refractivity contribution in [3.05, 3.63) is 17.8 Å². The summed E-state index contributed by atoms with van der Waals surface area (Å²) in [5, 5.41) is 11.3. The highest BCUT2D eigenvalue weighted by Crippen LogP contribution is 2.21. The molecule has 1 heterocycles. The highest BCUT2D eigenvalue weighted by Gasteiger charge is 2.14. The Kier molecular flexibility index (Phi) is 2.93. The van der Waals surface area contributed by atoms with E-state index in [0.717, 1.165) is 11.4 Å². The number of rotatable bonds is 3. The van der Waals surface area contributed by atoms with Crippen molar-refractivity contribution in [3.63, 3.8) is 0 Å². The second kappa shape index (κ2) is 4.37. The lowest BCUT2D eigenvalue weighted by atomic mass is 10.2. The molecule has 1 aromatic heterocycles. The van der Waals surface area contributed by atoms with Crippen molar-refractivity contribution >= 4 is 5.82 Å². The van der Waals surface area contributed by atoms with E-state index in [-0.39, 0.29) is 0 Å². The molecule has 1 aliphatic rings. The molecule has 14 heavy (non-hydrogen) atoms. The van der Waals surface area contributed by atoms with E-state index in [4.69, 9.17) is 5.73 Å². The molecule has 0 atom stereocenters. The maximum atomic E-state index is 5.53. The molecule has 0 radical (unpaired) electrons. The standard InChI is InChI=1S/C10H16N4/c11-6-8-5-10(14-12-7-8)13-9-3-1-2-4-9/h5,7,9H,1-4,6,11H2,(H,13,14). The molecule has 4 heteroatoms. The third-order valence-electron chi connectivity index (χ3n) is 2.65. The van der Waals surface area contributed by atoms with E-state index in [9.17, 15) is 0 Å². The summed E-state index contributed by atoms with van der Waals surface area (Å²) in [4.78, 5) is 0. The van der Waals surface area contributed by atoms with E-state index in [2.05, 4.69) is 15.5 Å². The summed E-state index contributed by atoms with van der Waals surface area (Å²) in [5.41, 5.74) is 6.56. The molecule has 76 valence electrons. The fraction of sp³-hybridized carbons (Fsp3) is 0.600. The van der Waals surface area contributed by atoms with Crippen molar-refractivity contribution in [1.29, 1.82) is 0 Å². The molecule has 0 spiro atoms. The highest BCUT2D eigenvalue weighted by molar-refractivity contribution is 5.36. The van der Waals surface area contributed by atoms with Crippen molar-refractivity contribution in [3.8, 4) is 0 Å². The number of anilines is 1. The van der Waals surface area contributed by atoms with Gasteiger partial charge in [-0.25, -0.2) is 0 Å². The van der Waals surface area contributed by atoms with Crippen molar-refractivity contribution in [2.45, 2.75) is 38.3 Å². The van der Waals surface area contributed by atoms with E-state index >= 15 is 0 Å². The fourth-order valence-corrected chi connectivity index (χ4v) is 1.87. The Morgan fingerprint density at radius 3 is 2.93 bits per heavy atom. The minimum Gasteiger partial charge on any atom is -0.366 e. The summed E-state index contributed by atoms with van der Waals surface area (Å²) in [6.45, 7) is 0.523. The average Bonchev–Trinajstić information content (AvgIpc) is 2.71. The van der Waals surface area contributed by atoms with E-state index < -0.39 is 0 Å². The molecule has 0 bridgehead atoms. The second-order valence-corrected chi connectivity index (χ2v) is 3.78. The molecule has 4 nitrogen and oxygen atoms in total. The number of nitrogens with one attached hydrogen (secondary N) is 1. The molecule has 1 aromatic rings. The summed E-state index contributed by atoms with van der Waals surface area (Å²) in [7, 11) is 0. The SMILES string of the molecule is NCc1cnnc(NC2CCCC2)c1. The fourth-order valence-electron chi connectivity index (χ4n) is 1.87. The zero-order valence-corrected chi connectivity index (χ0v) is 8.24. The van der Waals surface area contributed by atoms with Crippen LogP contribution in [-0.2, 0) is 6.54 Å². The van der Waals surface area contributed by atoms with Crippen LogP contribution in [0.1, 0.15) is 31.2 Å². The van der Waals surface area contributed by atoms with Gasteiger partial charge in [-0.15, -0.1) is 5.10 Å². The average molecular weight is 192 g/mol. The van der Waals surface area contributed by atoms with Crippen LogP contribution in [0.3, 0.4) is 0 Å². The molecule has 0 aromatic carbocycles. The number of nitrogens with zero attached hydrogens (tertiary/aromatic N) is 2. The van der Waals surface area contributed by atoms with Crippen LogP contribution in [0.25, 0.3) is 0 Å². The maximum Gasteiger partial charge on any atom is 0.149 e. The molecule has 0 unspecified atom stereocenters. The summed E-state index contributed by atoms with van der Waals surface area (Å²) < 4.78 is 0. The molecule has 0 aliphatic heterocycles. The first-order chi connectivity index (χ1) is 6.88. The van der Waals surface area contributed by atoms with Crippen LogP contribution >= 0.6 is 0 Å². The van der Waals surface area contributed by atoms with Gasteiger partial charge in [-0.3, -0.25) is 0 Å². The Morgan fingerprint density at radius 1 is 1.43 bits per heavy atom. The predicted molar refractivity (Wildman–Crippen MR) is 55.8 cm³/mol. The van der Waals surface area contributed by atoms with E-state index in [0.29, 0.717) is 12.6 Å². The van der Waals surface area contributed by atoms with Crippen LogP contribution in [0.5, 0.6) is 0 Å². The van der Waals surface area contributed by atoms with Gasteiger partial charge in [0.05, 0.1) is 6.20 Å². The van der Waals surface area contributed by atoms with Crippen LogP contribution in [0.2, 0.25) is 0 Å². The molecule has 1 aliphatic carbocycles. The third kappa shape index (κ3) is 2.20. The van der Waals surface area contributed by atoms with Crippen LogP contribution in [0.4, 0.5) is 5.82 Å². The van der Waals surface area contributed by atoms with E-state index in [1.54, 1.807) is 6.20 Å². The van der Waals surface area contributed by atoms with Crippen molar-refractivity contribution in [2.75, 3.05) is 5.32 Å². The quantitative estimate of drug-likeness (QED) is 0.757. The monoisotopic (exact) mass is 192 g/mol. The van der Waals surface area contributed by atoms with Gasteiger partial charge in [0.2, 0.25) is 0 Å². The number of nitrogens with two attached hydrogens (primary N) is 1. The van der Waals surface area contributed by atoms with Crippen LogP contribution < -0.4 is 11.1 Å². The van der Waals surface area contributed by atoms with Gasteiger partial charge in [0.15, 0.2) is 0 Å². The number of aromatic nitrogens is 2. The largest absolute Gasteiger partial charge is 0.366 e. The minimum atomic E-state index is 0.523. The van der Waals surface area contributed by atoms with Crippen LogP contribution in [0, 0.1) is 0 Å². The van der Waals surface area contributed by atoms with Gasteiger partial charge in [-0.2, -0.15) is 5.10 Å². The summed E-state index contributed by atoms with van der Waals surface area (Å²) in [5.74, 6) is 0.861. The van der Waals surface area contributed by atoms with E-state index in [1.807, 2.05) is 6.07 Å². The highest BCUT2D eigenvalue weighted by atomic mass is 15.2. The number of hydrogen-bond acceptors (Lipinski definition) is 4.